The van der Waals surface area contributed by atoms with Crippen LogP contribution in [0, 0.1) is 6.92 Å². The third-order valence-electron chi connectivity index (χ3n) is 1.51. The van der Waals surface area contributed by atoms with Gasteiger partial charge in [-0.25, -0.2) is 0 Å². The zero-order chi connectivity index (χ0) is 8.10. The minimum absolute atomic E-state index is 0.940. The molecule has 60 valence electrons. The zero-order valence-corrected chi connectivity index (χ0v) is 7.74. The minimum Gasteiger partial charge on any atom is -0.316 e. The van der Waals surface area contributed by atoms with Crippen LogP contribution in [0.25, 0.3) is 6.08 Å². The zero-order valence-electron chi connectivity index (χ0n) is 6.92. The highest BCUT2D eigenvalue weighted by molar-refractivity contribution is 7.08. The number of rotatable bonds is 3. The Morgan fingerprint density at radius 2 is 2.36 bits per heavy atom. The predicted molar refractivity (Wildman–Crippen MR) is 52.0 cm³/mol. The van der Waals surface area contributed by atoms with Crippen molar-refractivity contribution in [2.24, 2.45) is 0 Å². The first-order valence-corrected chi connectivity index (χ1v) is 4.63. The molecule has 1 aromatic heterocycles. The van der Waals surface area contributed by atoms with Gasteiger partial charge in [0.2, 0.25) is 0 Å². The van der Waals surface area contributed by atoms with Gasteiger partial charge < -0.3 is 5.32 Å². The molecule has 0 radical (unpaired) electrons. The second-order valence-corrected chi connectivity index (χ2v) is 3.21. The van der Waals surface area contributed by atoms with Gasteiger partial charge in [-0.3, -0.25) is 0 Å². The number of nitrogens with one attached hydrogen (secondary N) is 1. The number of aryl methyl sites for hydroxylation is 1. The molecule has 0 aromatic carbocycles. The fourth-order valence-corrected chi connectivity index (χ4v) is 1.66. The summed E-state index contributed by atoms with van der Waals surface area (Å²) in [5.74, 6) is 0. The monoisotopic (exact) mass is 167 g/mol. The Hall–Kier alpha value is -0.600. The SMILES string of the molecule is CNCC=Cc1cscc1C. The molecule has 1 nitrogen and oxygen atoms in total. The predicted octanol–water partition coefficient (Wildman–Crippen LogP) is 2.29. The number of hydrogen-bond acceptors (Lipinski definition) is 2. The van der Waals surface area contributed by atoms with Crippen LogP contribution in [0.5, 0.6) is 0 Å². The van der Waals surface area contributed by atoms with Crippen molar-refractivity contribution < 1.29 is 0 Å². The first-order valence-electron chi connectivity index (χ1n) is 3.68. The van der Waals surface area contributed by atoms with Crippen LogP contribution < -0.4 is 5.32 Å². The molecule has 1 N–H and O–H groups in total. The van der Waals surface area contributed by atoms with E-state index in [0.29, 0.717) is 0 Å². The van der Waals surface area contributed by atoms with Crippen molar-refractivity contribution in [3.63, 3.8) is 0 Å². The van der Waals surface area contributed by atoms with Gasteiger partial charge in [0.15, 0.2) is 0 Å². The van der Waals surface area contributed by atoms with Gasteiger partial charge in [-0.15, -0.1) is 0 Å². The molecule has 0 aliphatic heterocycles. The molecule has 11 heavy (non-hydrogen) atoms. The maximum Gasteiger partial charge on any atom is 0.0135 e. The lowest BCUT2D eigenvalue weighted by atomic mass is 10.2. The van der Waals surface area contributed by atoms with E-state index in [1.54, 1.807) is 11.3 Å². The summed E-state index contributed by atoms with van der Waals surface area (Å²) in [6.45, 7) is 3.07. The van der Waals surface area contributed by atoms with Crippen LogP contribution in [0.3, 0.4) is 0 Å². The summed E-state index contributed by atoms with van der Waals surface area (Å²) in [4.78, 5) is 0. The summed E-state index contributed by atoms with van der Waals surface area (Å²) in [5, 5.41) is 7.40. The summed E-state index contributed by atoms with van der Waals surface area (Å²) >= 11 is 1.75. The molecule has 0 saturated heterocycles. The third-order valence-corrected chi connectivity index (χ3v) is 2.39. The van der Waals surface area contributed by atoms with Gasteiger partial charge in [0.25, 0.3) is 0 Å². The molecule has 1 rings (SSSR count). The Kier molecular flexibility index (Phi) is 3.33. The Morgan fingerprint density at radius 3 is 2.91 bits per heavy atom. The van der Waals surface area contributed by atoms with Crippen molar-refractivity contribution in [3.05, 3.63) is 28.0 Å². The molecular weight excluding hydrogens is 154 g/mol. The normalized spacial score (nSPS) is 11.1. The van der Waals surface area contributed by atoms with Crippen LogP contribution in [-0.2, 0) is 0 Å². The van der Waals surface area contributed by atoms with Crippen LogP contribution in [0.1, 0.15) is 11.1 Å². The number of hydrogen-bond donors (Lipinski definition) is 1. The van der Waals surface area contributed by atoms with Crippen LogP contribution in [0.15, 0.2) is 16.8 Å². The molecule has 0 fully saturated rings. The van der Waals surface area contributed by atoms with Crippen molar-refractivity contribution in [1.29, 1.82) is 0 Å². The van der Waals surface area contributed by atoms with E-state index >= 15 is 0 Å². The van der Waals surface area contributed by atoms with E-state index in [0.717, 1.165) is 6.54 Å². The van der Waals surface area contributed by atoms with Crippen LogP contribution in [0.4, 0.5) is 0 Å². The average Bonchev–Trinajstić information content (AvgIpc) is 2.37. The lowest BCUT2D eigenvalue weighted by molar-refractivity contribution is 0.922. The van der Waals surface area contributed by atoms with Crippen molar-refractivity contribution in [2.45, 2.75) is 6.92 Å². The molecule has 0 aliphatic rings. The topological polar surface area (TPSA) is 12.0 Å². The average molecular weight is 167 g/mol. The summed E-state index contributed by atoms with van der Waals surface area (Å²) in [7, 11) is 1.95. The maximum atomic E-state index is 3.07. The van der Waals surface area contributed by atoms with E-state index in [9.17, 15) is 0 Å². The lowest BCUT2D eigenvalue weighted by Gasteiger charge is -1.89. The van der Waals surface area contributed by atoms with Crippen LogP contribution >= 0.6 is 11.3 Å². The Labute approximate surface area is 71.8 Å². The van der Waals surface area contributed by atoms with Gasteiger partial charge in [-0.05, 0) is 35.9 Å². The Morgan fingerprint density at radius 1 is 1.55 bits per heavy atom. The van der Waals surface area contributed by atoms with Gasteiger partial charge in [-0.1, -0.05) is 12.2 Å². The number of likely N-dealkylation sites (N-methyl/N-ethyl adjacent to an activating group) is 1. The van der Waals surface area contributed by atoms with Crippen molar-refractivity contribution in [2.75, 3.05) is 13.6 Å². The summed E-state index contributed by atoms with van der Waals surface area (Å²) in [6.07, 6.45) is 4.29. The first-order chi connectivity index (χ1) is 5.34. The van der Waals surface area contributed by atoms with Gasteiger partial charge in [0, 0.05) is 6.54 Å². The van der Waals surface area contributed by atoms with Gasteiger partial charge in [-0.2, -0.15) is 11.3 Å². The Balaban J connectivity index is 2.56. The largest absolute Gasteiger partial charge is 0.316 e. The minimum atomic E-state index is 0.940. The highest BCUT2D eigenvalue weighted by Gasteiger charge is 1.91. The third kappa shape index (κ3) is 2.48. The van der Waals surface area contributed by atoms with E-state index in [-0.39, 0.29) is 0 Å². The molecule has 0 amide bonds. The molecule has 0 unspecified atom stereocenters. The Bertz CT molecular complexity index is 237. The van der Waals surface area contributed by atoms with E-state index in [1.165, 1.54) is 11.1 Å². The first kappa shape index (κ1) is 8.50. The summed E-state index contributed by atoms with van der Waals surface area (Å²) in [6, 6.07) is 0. The highest BCUT2D eigenvalue weighted by atomic mass is 32.1. The maximum absolute atomic E-state index is 3.07. The number of thiophene rings is 1. The van der Waals surface area contributed by atoms with Gasteiger partial charge >= 0.3 is 0 Å². The second kappa shape index (κ2) is 4.31. The lowest BCUT2D eigenvalue weighted by Crippen LogP contribution is -2.03. The molecule has 0 spiro atoms. The molecular formula is C9H13NS. The van der Waals surface area contributed by atoms with E-state index in [1.807, 2.05) is 7.05 Å². The summed E-state index contributed by atoms with van der Waals surface area (Å²) in [5.41, 5.74) is 2.70. The quantitative estimate of drug-likeness (QED) is 0.728. The van der Waals surface area contributed by atoms with Crippen LogP contribution in [0.2, 0.25) is 0 Å². The smallest absolute Gasteiger partial charge is 0.0135 e. The van der Waals surface area contributed by atoms with Crippen molar-refractivity contribution in [1.82, 2.24) is 5.32 Å². The van der Waals surface area contributed by atoms with Gasteiger partial charge in [0.1, 0.15) is 0 Å². The molecule has 0 bridgehead atoms. The summed E-state index contributed by atoms with van der Waals surface area (Å²) < 4.78 is 0. The fraction of sp³-hybridized carbons (Fsp3) is 0.333. The molecule has 1 heterocycles. The van der Waals surface area contributed by atoms with E-state index in [2.05, 4.69) is 35.2 Å². The molecule has 2 heteroatoms. The standard InChI is InChI=1S/C9H13NS/c1-8-6-11-7-9(8)4-3-5-10-2/h3-4,6-7,10H,5H2,1-2H3. The molecule has 0 atom stereocenters. The highest BCUT2D eigenvalue weighted by Crippen LogP contribution is 2.14. The molecule has 0 aliphatic carbocycles. The van der Waals surface area contributed by atoms with Gasteiger partial charge in [0.05, 0.1) is 0 Å². The fourth-order valence-electron chi connectivity index (χ4n) is 0.845. The molecule has 1 aromatic rings. The van der Waals surface area contributed by atoms with Crippen molar-refractivity contribution in [3.8, 4) is 0 Å². The second-order valence-electron chi connectivity index (χ2n) is 2.47. The van der Waals surface area contributed by atoms with Crippen molar-refractivity contribution >= 4 is 17.4 Å². The van der Waals surface area contributed by atoms with E-state index < -0.39 is 0 Å². The van der Waals surface area contributed by atoms with Crippen LogP contribution in [-0.4, -0.2) is 13.6 Å². The van der Waals surface area contributed by atoms with E-state index in [4.69, 9.17) is 0 Å². The molecule has 0 saturated carbocycles.